The first-order valence-electron chi connectivity index (χ1n) is 4.76. The largest absolute Gasteiger partial charge is 0.497 e. The van der Waals surface area contributed by atoms with Crippen LogP contribution in [0.3, 0.4) is 0 Å². The number of hydrogen-bond acceptors (Lipinski definition) is 6. The summed E-state index contributed by atoms with van der Waals surface area (Å²) in [5.41, 5.74) is 7.22. The Balaban J connectivity index is 2.10. The van der Waals surface area contributed by atoms with E-state index in [0.29, 0.717) is 16.5 Å². The molecule has 2 rings (SSSR count). The molecule has 1 aromatic carbocycles. The summed E-state index contributed by atoms with van der Waals surface area (Å²) in [6.07, 6.45) is 0. The molecule has 0 unspecified atom stereocenters. The van der Waals surface area contributed by atoms with Gasteiger partial charge in [0, 0.05) is 0 Å². The minimum absolute atomic E-state index is 0.144. The predicted molar refractivity (Wildman–Crippen MR) is 64.5 cm³/mol. The molecule has 0 bridgehead atoms. The Labute approximate surface area is 102 Å². The molecule has 5 nitrogen and oxygen atoms in total. The molecule has 17 heavy (non-hydrogen) atoms. The molecule has 0 aliphatic heterocycles. The topological polar surface area (TPSA) is 74.4 Å². The number of nitrogens with two attached hydrogens (primary N) is 1. The summed E-state index contributed by atoms with van der Waals surface area (Å²) in [5, 5.41) is 0.350. The van der Waals surface area contributed by atoms with Crippen LogP contribution in [0.2, 0.25) is 0 Å². The third kappa shape index (κ3) is 2.54. The SMILES string of the molecule is COc1ccc(OC(=O)c2ncsc2N)cc1. The molecule has 0 saturated carbocycles. The maximum atomic E-state index is 11.7. The van der Waals surface area contributed by atoms with E-state index in [-0.39, 0.29) is 5.69 Å². The second-order valence-corrected chi connectivity index (χ2v) is 4.02. The van der Waals surface area contributed by atoms with E-state index in [1.165, 1.54) is 16.8 Å². The van der Waals surface area contributed by atoms with E-state index in [1.54, 1.807) is 31.4 Å². The number of nitrogens with zero attached hydrogens (tertiary/aromatic N) is 1. The molecule has 0 aliphatic carbocycles. The molecule has 0 atom stereocenters. The van der Waals surface area contributed by atoms with Gasteiger partial charge in [0.15, 0.2) is 5.69 Å². The summed E-state index contributed by atoms with van der Waals surface area (Å²) < 4.78 is 10.1. The van der Waals surface area contributed by atoms with Crippen LogP contribution in [0.25, 0.3) is 0 Å². The summed E-state index contributed by atoms with van der Waals surface area (Å²) >= 11 is 1.20. The van der Waals surface area contributed by atoms with Gasteiger partial charge >= 0.3 is 5.97 Å². The van der Waals surface area contributed by atoms with Gasteiger partial charge in [0.2, 0.25) is 0 Å². The van der Waals surface area contributed by atoms with Crippen LogP contribution in [-0.4, -0.2) is 18.1 Å². The summed E-state index contributed by atoms with van der Waals surface area (Å²) in [6, 6.07) is 6.68. The highest BCUT2D eigenvalue weighted by Crippen LogP contribution is 2.20. The van der Waals surface area contributed by atoms with Crippen molar-refractivity contribution in [2.24, 2.45) is 0 Å². The number of thiazole rings is 1. The van der Waals surface area contributed by atoms with Crippen molar-refractivity contribution in [2.75, 3.05) is 12.8 Å². The van der Waals surface area contributed by atoms with Crippen molar-refractivity contribution in [3.63, 3.8) is 0 Å². The van der Waals surface area contributed by atoms with Crippen molar-refractivity contribution in [2.45, 2.75) is 0 Å². The number of carbonyl (C=O) groups is 1. The molecule has 88 valence electrons. The first-order chi connectivity index (χ1) is 8.20. The van der Waals surface area contributed by atoms with E-state index >= 15 is 0 Å². The van der Waals surface area contributed by atoms with E-state index in [0.717, 1.165) is 0 Å². The Morgan fingerprint density at radius 2 is 1.94 bits per heavy atom. The second kappa shape index (κ2) is 4.84. The van der Waals surface area contributed by atoms with Crippen LogP contribution >= 0.6 is 11.3 Å². The van der Waals surface area contributed by atoms with E-state index in [9.17, 15) is 4.79 Å². The van der Waals surface area contributed by atoms with Crippen LogP contribution < -0.4 is 15.2 Å². The number of nitrogen functional groups attached to an aromatic ring is 1. The van der Waals surface area contributed by atoms with Gasteiger partial charge in [0.1, 0.15) is 16.5 Å². The number of hydrogen-bond donors (Lipinski definition) is 1. The van der Waals surface area contributed by atoms with Crippen LogP contribution in [-0.2, 0) is 0 Å². The normalized spacial score (nSPS) is 9.94. The number of ether oxygens (including phenoxy) is 2. The fraction of sp³-hybridized carbons (Fsp3) is 0.0909. The van der Waals surface area contributed by atoms with Crippen LogP contribution in [0, 0.1) is 0 Å². The Kier molecular flexibility index (Phi) is 3.24. The number of benzene rings is 1. The van der Waals surface area contributed by atoms with Crippen molar-refractivity contribution in [3.05, 3.63) is 35.5 Å². The quantitative estimate of drug-likeness (QED) is 0.665. The highest BCUT2D eigenvalue weighted by molar-refractivity contribution is 7.14. The molecule has 0 aliphatic rings. The van der Waals surface area contributed by atoms with Crippen LogP contribution in [0.4, 0.5) is 5.00 Å². The van der Waals surface area contributed by atoms with Crippen LogP contribution in [0.15, 0.2) is 29.8 Å². The monoisotopic (exact) mass is 250 g/mol. The van der Waals surface area contributed by atoms with Gasteiger partial charge in [-0.1, -0.05) is 0 Å². The lowest BCUT2D eigenvalue weighted by molar-refractivity contribution is 0.0730. The number of aromatic nitrogens is 1. The molecule has 6 heteroatoms. The average Bonchev–Trinajstić information content (AvgIpc) is 2.76. The summed E-state index contributed by atoms with van der Waals surface area (Å²) in [4.78, 5) is 15.5. The van der Waals surface area contributed by atoms with Gasteiger partial charge in [-0.15, -0.1) is 11.3 Å². The minimum Gasteiger partial charge on any atom is -0.497 e. The summed E-state index contributed by atoms with van der Waals surface area (Å²) in [6.45, 7) is 0. The Hall–Kier alpha value is -2.08. The first kappa shape index (κ1) is 11.4. The molecular formula is C11H10N2O3S. The molecule has 2 N–H and O–H groups in total. The lowest BCUT2D eigenvalue weighted by Crippen LogP contribution is -2.10. The minimum atomic E-state index is -0.561. The predicted octanol–water partition coefficient (Wildman–Crippen LogP) is 1.95. The Morgan fingerprint density at radius 1 is 1.29 bits per heavy atom. The molecule has 0 fully saturated rings. The highest BCUT2D eigenvalue weighted by atomic mass is 32.1. The van der Waals surface area contributed by atoms with Gasteiger partial charge in [-0.3, -0.25) is 0 Å². The van der Waals surface area contributed by atoms with E-state index in [2.05, 4.69) is 4.98 Å². The number of esters is 1. The summed E-state index contributed by atoms with van der Waals surface area (Å²) in [7, 11) is 1.57. The van der Waals surface area contributed by atoms with Crippen molar-refractivity contribution >= 4 is 22.3 Å². The molecule has 0 radical (unpaired) electrons. The molecule has 1 aromatic heterocycles. The lowest BCUT2D eigenvalue weighted by atomic mass is 10.3. The first-order valence-corrected chi connectivity index (χ1v) is 5.64. The number of rotatable bonds is 3. The third-order valence-electron chi connectivity index (χ3n) is 2.06. The highest BCUT2D eigenvalue weighted by Gasteiger charge is 2.15. The van der Waals surface area contributed by atoms with Crippen molar-refractivity contribution in [1.82, 2.24) is 4.98 Å². The zero-order valence-electron chi connectivity index (χ0n) is 9.04. The lowest BCUT2D eigenvalue weighted by Gasteiger charge is -2.04. The molecule has 0 amide bonds. The smallest absolute Gasteiger partial charge is 0.365 e. The molecular weight excluding hydrogens is 240 g/mol. The van der Waals surface area contributed by atoms with Crippen molar-refractivity contribution in [1.29, 1.82) is 0 Å². The van der Waals surface area contributed by atoms with E-state index in [4.69, 9.17) is 15.2 Å². The zero-order valence-corrected chi connectivity index (χ0v) is 9.86. The van der Waals surface area contributed by atoms with Gasteiger partial charge in [0.25, 0.3) is 0 Å². The zero-order chi connectivity index (χ0) is 12.3. The van der Waals surface area contributed by atoms with Crippen molar-refractivity contribution < 1.29 is 14.3 Å². The van der Waals surface area contributed by atoms with Gasteiger partial charge < -0.3 is 15.2 Å². The van der Waals surface area contributed by atoms with Gasteiger partial charge in [-0.2, -0.15) is 0 Å². The maximum Gasteiger partial charge on any atom is 0.365 e. The van der Waals surface area contributed by atoms with Gasteiger partial charge in [-0.05, 0) is 24.3 Å². The van der Waals surface area contributed by atoms with Gasteiger partial charge in [0.05, 0.1) is 12.6 Å². The number of carbonyl (C=O) groups excluding carboxylic acids is 1. The van der Waals surface area contributed by atoms with E-state index in [1.807, 2.05) is 0 Å². The number of methoxy groups -OCH3 is 1. The van der Waals surface area contributed by atoms with Crippen LogP contribution in [0.1, 0.15) is 10.5 Å². The van der Waals surface area contributed by atoms with Gasteiger partial charge in [-0.25, -0.2) is 9.78 Å². The standard InChI is InChI=1S/C11H10N2O3S/c1-15-7-2-4-8(5-3-7)16-11(14)9-10(12)17-6-13-9/h2-6H,12H2,1H3. The second-order valence-electron chi connectivity index (χ2n) is 3.13. The van der Waals surface area contributed by atoms with Crippen LogP contribution in [0.5, 0.6) is 11.5 Å². The van der Waals surface area contributed by atoms with E-state index < -0.39 is 5.97 Å². The average molecular weight is 250 g/mol. The Morgan fingerprint density at radius 3 is 2.47 bits per heavy atom. The fourth-order valence-corrected chi connectivity index (χ4v) is 1.73. The third-order valence-corrected chi connectivity index (χ3v) is 2.72. The molecule has 0 saturated heterocycles. The fourth-order valence-electron chi connectivity index (χ4n) is 1.21. The maximum absolute atomic E-state index is 11.7. The Bertz CT molecular complexity index is 522. The molecule has 1 heterocycles. The summed E-state index contributed by atoms with van der Waals surface area (Å²) in [5.74, 6) is 0.551. The van der Waals surface area contributed by atoms with Crippen molar-refractivity contribution in [3.8, 4) is 11.5 Å². The number of anilines is 1. The molecule has 0 spiro atoms. The molecule has 2 aromatic rings.